The number of fused-ring (bicyclic) bond motifs is 1. The molecule has 0 spiro atoms. The molecule has 0 unspecified atom stereocenters. The summed E-state index contributed by atoms with van der Waals surface area (Å²) >= 11 is 0. The predicted octanol–water partition coefficient (Wildman–Crippen LogP) is 4.26. The average molecular weight is 263 g/mol. The van der Waals surface area contributed by atoms with Gasteiger partial charge in [0.1, 0.15) is 7.05 Å². The van der Waals surface area contributed by atoms with Gasteiger partial charge in [-0.3, -0.25) is 0 Å². The average Bonchev–Trinajstić information content (AvgIpc) is 2.49. The van der Waals surface area contributed by atoms with Crippen LogP contribution >= 0.6 is 0 Å². The third-order valence-electron chi connectivity index (χ3n) is 3.98. The van der Waals surface area contributed by atoms with Gasteiger partial charge < -0.3 is 0 Å². The number of aryl methyl sites for hydroxylation is 2. The van der Waals surface area contributed by atoms with Gasteiger partial charge in [0.2, 0.25) is 5.69 Å². The summed E-state index contributed by atoms with van der Waals surface area (Å²) in [6, 6.07) is 15.4. The predicted molar refractivity (Wildman–Crippen MR) is 84.8 cm³/mol. The highest BCUT2D eigenvalue weighted by atomic mass is 14.9. The van der Waals surface area contributed by atoms with Crippen molar-refractivity contribution >= 4 is 10.8 Å². The second-order valence-electron chi connectivity index (χ2n) is 5.48. The molecule has 0 atom stereocenters. The first kappa shape index (κ1) is 11.7. The van der Waals surface area contributed by atoms with E-state index in [0.29, 0.717) is 6.04 Å². The van der Waals surface area contributed by atoms with Crippen molar-refractivity contribution in [1.29, 1.82) is 0 Å². The van der Waals surface area contributed by atoms with Crippen LogP contribution in [-0.4, -0.2) is 0 Å². The Kier molecular flexibility index (Phi) is 2.77. The second kappa shape index (κ2) is 4.75. The number of hydrogen-bond acceptors (Lipinski definition) is 0. The van der Waals surface area contributed by atoms with Crippen LogP contribution < -0.4 is 4.57 Å². The lowest BCUT2D eigenvalue weighted by Crippen LogP contribution is -2.35. The minimum absolute atomic E-state index is 0.613. The fourth-order valence-electron chi connectivity index (χ4n) is 2.74. The van der Waals surface area contributed by atoms with Crippen molar-refractivity contribution in [1.82, 2.24) is 0 Å². The third kappa shape index (κ3) is 2.00. The van der Waals surface area contributed by atoms with Gasteiger partial charge in [-0.25, -0.2) is 0 Å². The largest absolute Gasteiger partial charge is 0.220 e. The standard InChI is InChI=1S/C19H20N/c1-13-9-10-14(2)18(11-13)19-17-8-6-5-7-16(17)12-15(3)20(19)4/h5-12H,1-4H3/q+1/i12D. The number of pyridine rings is 1. The van der Waals surface area contributed by atoms with E-state index in [-0.39, 0.29) is 0 Å². The highest BCUT2D eigenvalue weighted by Crippen LogP contribution is 2.29. The van der Waals surface area contributed by atoms with Crippen LogP contribution in [0.4, 0.5) is 0 Å². The molecular weight excluding hydrogens is 242 g/mol. The van der Waals surface area contributed by atoms with Crippen LogP contribution in [0, 0.1) is 20.8 Å². The zero-order valence-corrected chi connectivity index (χ0v) is 12.5. The van der Waals surface area contributed by atoms with Crippen LogP contribution in [0.25, 0.3) is 22.0 Å². The van der Waals surface area contributed by atoms with Crippen LogP contribution in [0.3, 0.4) is 0 Å². The fourth-order valence-corrected chi connectivity index (χ4v) is 2.74. The van der Waals surface area contributed by atoms with Crippen LogP contribution in [0.2, 0.25) is 0 Å². The molecular formula is C19H20N+. The summed E-state index contributed by atoms with van der Waals surface area (Å²) in [7, 11) is 2.05. The second-order valence-corrected chi connectivity index (χ2v) is 5.48. The van der Waals surface area contributed by atoms with E-state index < -0.39 is 0 Å². The van der Waals surface area contributed by atoms with Crippen molar-refractivity contribution in [3.63, 3.8) is 0 Å². The monoisotopic (exact) mass is 263 g/mol. The molecule has 0 aliphatic heterocycles. The number of hydrogen-bond donors (Lipinski definition) is 0. The Morgan fingerprint density at radius 1 is 1.00 bits per heavy atom. The van der Waals surface area contributed by atoms with Gasteiger partial charge >= 0.3 is 0 Å². The molecule has 20 heavy (non-hydrogen) atoms. The van der Waals surface area contributed by atoms with Crippen LogP contribution in [0.1, 0.15) is 18.2 Å². The summed E-state index contributed by atoms with van der Waals surface area (Å²) in [6.45, 7) is 6.29. The maximum absolute atomic E-state index is 8.36. The van der Waals surface area contributed by atoms with Crippen molar-refractivity contribution in [2.75, 3.05) is 0 Å². The van der Waals surface area contributed by atoms with Gasteiger partial charge in [0.25, 0.3) is 0 Å². The molecule has 100 valence electrons. The van der Waals surface area contributed by atoms with Crippen LogP contribution in [0.5, 0.6) is 0 Å². The molecule has 0 N–H and O–H groups in total. The lowest BCUT2D eigenvalue weighted by molar-refractivity contribution is -0.665. The van der Waals surface area contributed by atoms with Gasteiger partial charge in [-0.1, -0.05) is 35.9 Å². The molecule has 1 nitrogen and oxygen atoms in total. The molecule has 0 aliphatic rings. The molecule has 1 heteroatoms. The Labute approximate surface area is 121 Å². The zero-order valence-electron chi connectivity index (χ0n) is 13.5. The van der Waals surface area contributed by atoms with Crippen LogP contribution in [-0.2, 0) is 7.05 Å². The maximum atomic E-state index is 8.36. The minimum Gasteiger partial charge on any atom is -0.198 e. The molecule has 0 radical (unpaired) electrons. The van der Waals surface area contributed by atoms with E-state index in [1.807, 2.05) is 25.1 Å². The number of aromatic nitrogens is 1. The van der Waals surface area contributed by atoms with E-state index in [2.05, 4.69) is 49.7 Å². The first-order valence-corrected chi connectivity index (χ1v) is 6.96. The number of nitrogens with zero attached hydrogens (tertiary/aromatic N) is 1. The summed E-state index contributed by atoms with van der Waals surface area (Å²) in [5.74, 6) is 0. The van der Waals surface area contributed by atoms with Crippen molar-refractivity contribution in [2.45, 2.75) is 20.8 Å². The molecule has 3 rings (SSSR count). The highest BCUT2D eigenvalue weighted by Gasteiger charge is 2.19. The maximum Gasteiger partial charge on any atom is 0.220 e. The van der Waals surface area contributed by atoms with Crippen LogP contribution in [0.15, 0.2) is 48.5 Å². The van der Waals surface area contributed by atoms with Crippen molar-refractivity contribution < 1.29 is 5.94 Å². The Morgan fingerprint density at radius 2 is 1.75 bits per heavy atom. The van der Waals surface area contributed by atoms with Gasteiger partial charge in [0, 0.05) is 18.5 Å². The Morgan fingerprint density at radius 3 is 2.55 bits per heavy atom. The van der Waals surface area contributed by atoms with E-state index in [9.17, 15) is 0 Å². The highest BCUT2D eigenvalue weighted by molar-refractivity contribution is 5.93. The summed E-state index contributed by atoms with van der Waals surface area (Å²) in [5.41, 5.74) is 5.95. The molecule has 0 aliphatic carbocycles. The van der Waals surface area contributed by atoms with Gasteiger partial charge in [-0.05, 0) is 36.9 Å². The summed E-state index contributed by atoms with van der Waals surface area (Å²) in [4.78, 5) is 0. The van der Waals surface area contributed by atoms with E-state index in [4.69, 9.17) is 1.37 Å². The fraction of sp³-hybridized carbons (Fsp3) is 0.211. The third-order valence-corrected chi connectivity index (χ3v) is 3.98. The summed E-state index contributed by atoms with van der Waals surface area (Å²) < 4.78 is 10.5. The van der Waals surface area contributed by atoms with Crippen molar-refractivity contribution in [2.24, 2.45) is 7.05 Å². The molecule has 2 aromatic carbocycles. The molecule has 1 heterocycles. The molecule has 0 saturated heterocycles. The normalized spacial score (nSPS) is 11.7. The Hall–Kier alpha value is -2.15. The minimum atomic E-state index is 0.613. The van der Waals surface area contributed by atoms with Gasteiger partial charge in [-0.2, -0.15) is 4.57 Å². The summed E-state index contributed by atoms with van der Waals surface area (Å²) in [5, 5.41) is 2.16. The van der Waals surface area contributed by atoms with E-state index >= 15 is 0 Å². The van der Waals surface area contributed by atoms with E-state index in [1.54, 1.807) is 0 Å². The molecule has 1 aromatic heterocycles. The van der Waals surface area contributed by atoms with Crippen molar-refractivity contribution in [3.8, 4) is 11.3 Å². The smallest absolute Gasteiger partial charge is 0.198 e. The lowest BCUT2D eigenvalue weighted by Gasteiger charge is -2.10. The molecule has 0 saturated carbocycles. The first-order valence-electron chi connectivity index (χ1n) is 7.46. The number of benzene rings is 2. The molecule has 0 fully saturated rings. The van der Waals surface area contributed by atoms with Gasteiger partial charge in [0.05, 0.1) is 6.76 Å². The lowest BCUT2D eigenvalue weighted by atomic mass is 9.97. The Balaban J connectivity index is 2.50. The SMILES string of the molecule is [2H]c1c(C)[n+](C)c(-c2cc(C)ccc2C)c2ccccc12. The topological polar surface area (TPSA) is 3.88 Å². The van der Waals surface area contributed by atoms with Gasteiger partial charge in [-0.15, -0.1) is 0 Å². The molecule has 0 amide bonds. The van der Waals surface area contributed by atoms with E-state index in [0.717, 1.165) is 16.5 Å². The summed E-state index contributed by atoms with van der Waals surface area (Å²) in [6.07, 6.45) is 0. The van der Waals surface area contributed by atoms with Crippen molar-refractivity contribution in [3.05, 3.63) is 65.3 Å². The number of rotatable bonds is 1. The zero-order chi connectivity index (χ0) is 15.1. The van der Waals surface area contributed by atoms with E-state index in [1.165, 1.54) is 22.4 Å². The molecule has 0 bridgehead atoms. The first-order chi connectivity index (χ1) is 10.0. The quantitative estimate of drug-likeness (QED) is 0.578. The molecule has 3 aromatic rings. The Bertz CT molecular complexity index is 850. The van der Waals surface area contributed by atoms with Gasteiger partial charge in [0.15, 0.2) is 5.69 Å².